The number of ether oxygens (including phenoxy) is 1. The highest BCUT2D eigenvalue weighted by Gasteiger charge is 2.37. The lowest BCUT2D eigenvalue weighted by molar-refractivity contribution is -0.116. The molecule has 1 N–H and O–H groups in total. The third kappa shape index (κ3) is 3.57. The molecule has 2 aliphatic rings. The van der Waals surface area contributed by atoms with Crippen LogP contribution < -0.4 is 10.1 Å². The first-order chi connectivity index (χ1) is 12.5. The van der Waals surface area contributed by atoms with Gasteiger partial charge in [-0.05, 0) is 56.1 Å². The summed E-state index contributed by atoms with van der Waals surface area (Å²) in [6.45, 7) is 5.33. The van der Waals surface area contributed by atoms with Crippen LogP contribution in [0.5, 0.6) is 5.75 Å². The molecule has 1 aromatic rings. The number of ketones is 1. The maximum Gasteiger partial charge on any atom is 0.173 e. The van der Waals surface area contributed by atoms with Crippen molar-refractivity contribution in [1.29, 1.82) is 0 Å². The number of thiocarbonyl (C=S) groups is 1. The molecule has 0 amide bonds. The fourth-order valence-corrected chi connectivity index (χ4v) is 4.49. The molecule has 0 saturated carbocycles. The molecule has 0 spiro atoms. The number of carbonyl (C=O) groups is 1. The lowest BCUT2D eigenvalue weighted by atomic mass is 9.85. The van der Waals surface area contributed by atoms with Gasteiger partial charge in [-0.1, -0.05) is 30.1 Å². The minimum atomic E-state index is -0.330. The van der Waals surface area contributed by atoms with Gasteiger partial charge < -0.3 is 15.0 Å². The van der Waals surface area contributed by atoms with E-state index in [4.69, 9.17) is 40.2 Å². The molecule has 0 bridgehead atoms. The second kappa shape index (κ2) is 8.15. The quantitative estimate of drug-likeness (QED) is 0.685. The number of nitrogens with one attached hydrogen (secondary N) is 1. The number of halogens is 2. The molecule has 1 atom stereocenters. The van der Waals surface area contributed by atoms with Crippen molar-refractivity contribution in [3.63, 3.8) is 0 Å². The number of benzene rings is 1. The Morgan fingerprint density at radius 2 is 1.96 bits per heavy atom. The summed E-state index contributed by atoms with van der Waals surface area (Å²) in [6.07, 6.45) is 3.13. The summed E-state index contributed by atoms with van der Waals surface area (Å²) >= 11 is 18.4. The zero-order chi connectivity index (χ0) is 18.8. The minimum Gasteiger partial charge on any atom is -0.490 e. The number of rotatable bonds is 5. The largest absolute Gasteiger partial charge is 0.490 e. The number of hydrogen-bond donors (Lipinski definition) is 1. The molecular weight excluding hydrogens is 391 g/mol. The molecule has 26 heavy (non-hydrogen) atoms. The van der Waals surface area contributed by atoms with Crippen LogP contribution in [0.25, 0.3) is 0 Å². The van der Waals surface area contributed by atoms with Crippen molar-refractivity contribution in [3.8, 4) is 5.75 Å². The van der Waals surface area contributed by atoms with E-state index in [1.807, 2.05) is 30.9 Å². The van der Waals surface area contributed by atoms with Gasteiger partial charge in [-0.15, -0.1) is 0 Å². The van der Waals surface area contributed by atoms with E-state index in [1.54, 1.807) is 0 Å². The van der Waals surface area contributed by atoms with E-state index < -0.39 is 0 Å². The van der Waals surface area contributed by atoms with Crippen LogP contribution in [0.2, 0.25) is 10.0 Å². The SMILES string of the molecule is CCCOc1c(Cl)cc(C2NC(=S)N(CC)C3=C2C(=O)CCC3)cc1Cl. The number of carbonyl (C=O) groups excluding carboxylic acids is 1. The molecule has 140 valence electrons. The summed E-state index contributed by atoms with van der Waals surface area (Å²) in [5.41, 5.74) is 2.63. The molecule has 0 radical (unpaired) electrons. The lowest BCUT2D eigenvalue weighted by Gasteiger charge is -2.40. The van der Waals surface area contributed by atoms with Crippen LogP contribution in [0.1, 0.15) is 51.1 Å². The van der Waals surface area contributed by atoms with Gasteiger partial charge in [0.15, 0.2) is 16.6 Å². The summed E-state index contributed by atoms with van der Waals surface area (Å²) in [5.74, 6) is 0.639. The molecule has 0 saturated heterocycles. The average molecular weight is 413 g/mol. The second-order valence-corrected chi connectivity index (χ2v) is 7.63. The number of hydrogen-bond acceptors (Lipinski definition) is 3. The van der Waals surface area contributed by atoms with Gasteiger partial charge in [0.25, 0.3) is 0 Å². The number of Topliss-reactive ketones (excluding diaryl/α,β-unsaturated/α-hetero) is 1. The topological polar surface area (TPSA) is 41.6 Å². The highest BCUT2D eigenvalue weighted by molar-refractivity contribution is 7.80. The van der Waals surface area contributed by atoms with E-state index in [0.717, 1.165) is 42.6 Å². The first-order valence-corrected chi connectivity index (χ1v) is 10.1. The molecule has 4 nitrogen and oxygen atoms in total. The van der Waals surface area contributed by atoms with Crippen molar-refractivity contribution in [3.05, 3.63) is 39.0 Å². The monoisotopic (exact) mass is 412 g/mol. The maximum atomic E-state index is 12.7. The highest BCUT2D eigenvalue weighted by Crippen LogP contribution is 2.41. The zero-order valence-electron chi connectivity index (χ0n) is 14.9. The van der Waals surface area contributed by atoms with Gasteiger partial charge in [-0.3, -0.25) is 4.79 Å². The summed E-state index contributed by atoms with van der Waals surface area (Å²) in [5, 5.41) is 4.81. The highest BCUT2D eigenvalue weighted by atomic mass is 35.5. The molecule has 1 unspecified atom stereocenters. The van der Waals surface area contributed by atoms with Crippen LogP contribution in [0, 0.1) is 0 Å². The predicted molar refractivity (Wildman–Crippen MR) is 109 cm³/mol. The first-order valence-electron chi connectivity index (χ1n) is 8.93. The molecule has 1 aliphatic heterocycles. The van der Waals surface area contributed by atoms with Gasteiger partial charge in [0, 0.05) is 24.2 Å². The standard InChI is InChI=1S/C19H22Cl2N2O2S/c1-3-8-25-18-12(20)9-11(10-13(18)21)17-16-14(6-5-7-15(16)24)23(4-2)19(26)22-17/h9-10,17H,3-8H2,1-2H3,(H,22,26). The van der Waals surface area contributed by atoms with E-state index in [0.29, 0.717) is 33.9 Å². The Morgan fingerprint density at radius 3 is 2.58 bits per heavy atom. The summed E-state index contributed by atoms with van der Waals surface area (Å²) < 4.78 is 5.65. The van der Waals surface area contributed by atoms with Crippen LogP contribution in [0.15, 0.2) is 23.4 Å². The average Bonchev–Trinajstić information content (AvgIpc) is 2.60. The van der Waals surface area contributed by atoms with Crippen LogP contribution in [-0.2, 0) is 4.79 Å². The van der Waals surface area contributed by atoms with Crippen LogP contribution in [-0.4, -0.2) is 28.9 Å². The third-order valence-corrected chi connectivity index (χ3v) is 5.58. The molecular formula is C19H22Cl2N2O2S. The lowest BCUT2D eigenvalue weighted by Crippen LogP contribution is -2.49. The van der Waals surface area contributed by atoms with Crippen molar-refractivity contribution >= 4 is 46.3 Å². The fraction of sp³-hybridized carbons (Fsp3) is 0.474. The van der Waals surface area contributed by atoms with Gasteiger partial charge in [-0.2, -0.15) is 0 Å². The summed E-state index contributed by atoms with van der Waals surface area (Å²) in [4.78, 5) is 14.7. The molecule has 7 heteroatoms. The Labute approximate surface area is 169 Å². The van der Waals surface area contributed by atoms with Crippen LogP contribution in [0.3, 0.4) is 0 Å². The molecule has 3 rings (SSSR count). The molecule has 0 aromatic heterocycles. The third-order valence-electron chi connectivity index (χ3n) is 4.68. The zero-order valence-corrected chi connectivity index (χ0v) is 17.2. The van der Waals surface area contributed by atoms with Crippen molar-refractivity contribution in [2.75, 3.05) is 13.2 Å². The first kappa shape index (κ1) is 19.5. The Bertz CT molecular complexity index is 756. The molecule has 0 fully saturated rings. The fourth-order valence-electron chi connectivity index (χ4n) is 3.52. The molecule has 1 aliphatic carbocycles. The van der Waals surface area contributed by atoms with Gasteiger partial charge in [-0.25, -0.2) is 0 Å². The van der Waals surface area contributed by atoms with Crippen molar-refractivity contribution < 1.29 is 9.53 Å². The molecule has 1 aromatic carbocycles. The van der Waals surface area contributed by atoms with Gasteiger partial charge in [0.05, 0.1) is 22.7 Å². The van der Waals surface area contributed by atoms with E-state index in [-0.39, 0.29) is 11.8 Å². The minimum absolute atomic E-state index is 0.156. The summed E-state index contributed by atoms with van der Waals surface area (Å²) in [6, 6.07) is 3.29. The van der Waals surface area contributed by atoms with E-state index >= 15 is 0 Å². The second-order valence-electron chi connectivity index (χ2n) is 6.43. The van der Waals surface area contributed by atoms with Crippen molar-refractivity contribution in [2.24, 2.45) is 0 Å². The Kier molecular flexibility index (Phi) is 6.10. The predicted octanol–water partition coefficient (Wildman–Crippen LogP) is 5.04. The van der Waals surface area contributed by atoms with E-state index in [1.165, 1.54) is 0 Å². The Balaban J connectivity index is 2.05. The van der Waals surface area contributed by atoms with Gasteiger partial charge in [0.1, 0.15) is 0 Å². The van der Waals surface area contributed by atoms with Crippen molar-refractivity contribution in [2.45, 2.75) is 45.6 Å². The van der Waals surface area contributed by atoms with E-state index in [2.05, 4.69) is 5.32 Å². The van der Waals surface area contributed by atoms with E-state index in [9.17, 15) is 4.79 Å². The molecule has 1 heterocycles. The smallest absolute Gasteiger partial charge is 0.173 e. The number of nitrogens with zero attached hydrogens (tertiary/aromatic N) is 1. The number of allylic oxidation sites excluding steroid dienone is 1. The normalized spacial score (nSPS) is 20.2. The Morgan fingerprint density at radius 1 is 1.27 bits per heavy atom. The maximum absolute atomic E-state index is 12.7. The van der Waals surface area contributed by atoms with Gasteiger partial charge >= 0.3 is 0 Å². The van der Waals surface area contributed by atoms with Gasteiger partial charge in [0.2, 0.25) is 0 Å². The summed E-state index contributed by atoms with van der Waals surface area (Å²) in [7, 11) is 0. The van der Waals surface area contributed by atoms with Crippen LogP contribution in [0.4, 0.5) is 0 Å². The van der Waals surface area contributed by atoms with Crippen molar-refractivity contribution in [1.82, 2.24) is 10.2 Å². The van der Waals surface area contributed by atoms with Crippen LogP contribution >= 0.6 is 35.4 Å². The Hall–Kier alpha value is -1.30.